The second-order valence-corrected chi connectivity index (χ2v) is 6.39. The minimum absolute atomic E-state index is 0.640. The Bertz CT molecular complexity index is 363. The van der Waals surface area contributed by atoms with Gasteiger partial charge < -0.3 is 5.32 Å². The summed E-state index contributed by atoms with van der Waals surface area (Å²) in [6.45, 7) is 10.1. The lowest BCUT2D eigenvalue weighted by molar-refractivity contribution is 0.458. The normalized spacial score (nSPS) is 12.6. The van der Waals surface area contributed by atoms with Crippen molar-refractivity contribution in [3.63, 3.8) is 0 Å². The van der Waals surface area contributed by atoms with Gasteiger partial charge in [-0.25, -0.2) is 0 Å². The Morgan fingerprint density at radius 3 is 2.14 bits per heavy atom. The average molecular weight is 290 g/mol. The molecule has 120 valence electrons. The van der Waals surface area contributed by atoms with E-state index in [-0.39, 0.29) is 0 Å². The van der Waals surface area contributed by atoms with Gasteiger partial charge in [-0.05, 0) is 49.9 Å². The summed E-state index contributed by atoms with van der Waals surface area (Å²) in [6.07, 6.45) is 10.8. The lowest BCUT2D eigenvalue weighted by Crippen LogP contribution is -2.31. The first-order valence-electron chi connectivity index (χ1n) is 8.97. The second kappa shape index (κ2) is 10.8. The van der Waals surface area contributed by atoms with E-state index in [1.54, 1.807) is 5.56 Å². The fraction of sp³-hybridized carbons (Fsp3) is 0.700. The largest absolute Gasteiger partial charge is 0.314 e. The summed E-state index contributed by atoms with van der Waals surface area (Å²) >= 11 is 0. The highest BCUT2D eigenvalue weighted by atomic mass is 14.9. The van der Waals surface area contributed by atoms with E-state index in [0.717, 1.165) is 6.54 Å². The van der Waals surface area contributed by atoms with Gasteiger partial charge in [0.25, 0.3) is 0 Å². The first-order chi connectivity index (χ1) is 10.2. The molecule has 0 fully saturated rings. The van der Waals surface area contributed by atoms with Crippen molar-refractivity contribution < 1.29 is 0 Å². The fourth-order valence-corrected chi connectivity index (χ4v) is 3.15. The lowest BCUT2D eigenvalue weighted by Gasteiger charge is -2.20. The van der Waals surface area contributed by atoms with Crippen molar-refractivity contribution in [3.05, 3.63) is 34.9 Å². The summed E-state index contributed by atoms with van der Waals surface area (Å²) in [5, 5.41) is 3.69. The standard InChI is InChI=1S/C20H35N/c1-5-7-8-9-10-11-15-19(21-6-2)16-20-17(3)13-12-14-18(20)4/h12-14,19,21H,5-11,15-16H2,1-4H3. The number of nitrogens with one attached hydrogen (secondary N) is 1. The van der Waals surface area contributed by atoms with Gasteiger partial charge in [0.2, 0.25) is 0 Å². The van der Waals surface area contributed by atoms with Gasteiger partial charge >= 0.3 is 0 Å². The molecule has 0 aliphatic rings. The molecular weight excluding hydrogens is 254 g/mol. The third kappa shape index (κ3) is 7.13. The summed E-state index contributed by atoms with van der Waals surface area (Å²) < 4.78 is 0. The van der Waals surface area contributed by atoms with Crippen LogP contribution in [-0.4, -0.2) is 12.6 Å². The van der Waals surface area contributed by atoms with E-state index in [1.165, 1.54) is 62.5 Å². The van der Waals surface area contributed by atoms with Gasteiger partial charge in [-0.2, -0.15) is 0 Å². The van der Waals surface area contributed by atoms with Gasteiger partial charge in [0.1, 0.15) is 0 Å². The first kappa shape index (κ1) is 18.2. The molecule has 0 spiro atoms. The molecule has 0 aliphatic carbocycles. The second-order valence-electron chi connectivity index (χ2n) is 6.39. The summed E-state index contributed by atoms with van der Waals surface area (Å²) in [4.78, 5) is 0. The van der Waals surface area contributed by atoms with E-state index >= 15 is 0 Å². The zero-order valence-electron chi connectivity index (χ0n) is 14.7. The van der Waals surface area contributed by atoms with Crippen molar-refractivity contribution in [3.8, 4) is 0 Å². The molecule has 0 aromatic heterocycles. The van der Waals surface area contributed by atoms with Crippen molar-refractivity contribution in [1.82, 2.24) is 5.32 Å². The SMILES string of the molecule is CCCCCCCCC(Cc1c(C)cccc1C)NCC. The molecule has 1 unspecified atom stereocenters. The number of benzene rings is 1. The Morgan fingerprint density at radius 2 is 1.52 bits per heavy atom. The van der Waals surface area contributed by atoms with Gasteiger partial charge in [0.05, 0.1) is 0 Å². The quantitative estimate of drug-likeness (QED) is 0.525. The molecule has 21 heavy (non-hydrogen) atoms. The molecule has 1 nitrogen and oxygen atoms in total. The highest BCUT2D eigenvalue weighted by Gasteiger charge is 2.11. The van der Waals surface area contributed by atoms with E-state index in [0.29, 0.717) is 6.04 Å². The van der Waals surface area contributed by atoms with Crippen LogP contribution in [0.4, 0.5) is 0 Å². The van der Waals surface area contributed by atoms with Crippen molar-refractivity contribution in [2.45, 2.75) is 85.1 Å². The number of hydrogen-bond acceptors (Lipinski definition) is 1. The van der Waals surface area contributed by atoms with Crippen molar-refractivity contribution in [1.29, 1.82) is 0 Å². The van der Waals surface area contributed by atoms with Crippen molar-refractivity contribution >= 4 is 0 Å². The van der Waals surface area contributed by atoms with Gasteiger partial charge in [0.15, 0.2) is 0 Å². The third-order valence-corrected chi connectivity index (χ3v) is 4.49. The fourth-order valence-electron chi connectivity index (χ4n) is 3.15. The smallest absolute Gasteiger partial charge is 0.0108 e. The molecule has 1 aromatic rings. The van der Waals surface area contributed by atoms with Crippen LogP contribution in [0.2, 0.25) is 0 Å². The van der Waals surface area contributed by atoms with Crippen LogP contribution in [0.15, 0.2) is 18.2 Å². The molecule has 0 saturated carbocycles. The van der Waals surface area contributed by atoms with Crippen LogP contribution in [0.1, 0.15) is 75.5 Å². The van der Waals surface area contributed by atoms with E-state index in [1.807, 2.05) is 0 Å². The number of hydrogen-bond donors (Lipinski definition) is 1. The Morgan fingerprint density at radius 1 is 0.905 bits per heavy atom. The zero-order chi connectivity index (χ0) is 15.5. The molecule has 1 N–H and O–H groups in total. The first-order valence-corrected chi connectivity index (χ1v) is 8.97. The van der Waals surface area contributed by atoms with Crippen molar-refractivity contribution in [2.75, 3.05) is 6.54 Å². The van der Waals surface area contributed by atoms with E-state index in [4.69, 9.17) is 0 Å². The maximum atomic E-state index is 3.69. The van der Waals surface area contributed by atoms with Crippen LogP contribution in [0.5, 0.6) is 0 Å². The van der Waals surface area contributed by atoms with Crippen LogP contribution < -0.4 is 5.32 Å². The predicted octanol–water partition coefficient (Wildman–Crippen LogP) is 5.57. The highest BCUT2D eigenvalue weighted by molar-refractivity contribution is 5.34. The molecule has 0 bridgehead atoms. The molecule has 1 aromatic carbocycles. The summed E-state index contributed by atoms with van der Waals surface area (Å²) in [7, 11) is 0. The Hall–Kier alpha value is -0.820. The zero-order valence-corrected chi connectivity index (χ0v) is 14.7. The van der Waals surface area contributed by atoms with E-state index < -0.39 is 0 Å². The van der Waals surface area contributed by atoms with Gasteiger partial charge in [-0.3, -0.25) is 0 Å². The molecule has 0 radical (unpaired) electrons. The molecule has 1 rings (SSSR count). The summed E-state index contributed by atoms with van der Waals surface area (Å²) in [5.74, 6) is 0. The Kier molecular flexibility index (Phi) is 9.41. The van der Waals surface area contributed by atoms with Gasteiger partial charge in [-0.1, -0.05) is 70.6 Å². The van der Waals surface area contributed by atoms with Gasteiger partial charge in [-0.15, -0.1) is 0 Å². The molecule has 0 saturated heterocycles. The molecule has 1 heteroatoms. The highest BCUT2D eigenvalue weighted by Crippen LogP contribution is 2.18. The number of rotatable bonds is 11. The lowest BCUT2D eigenvalue weighted by atomic mass is 9.93. The van der Waals surface area contributed by atoms with Gasteiger partial charge in [0, 0.05) is 6.04 Å². The molecule has 1 atom stereocenters. The van der Waals surface area contributed by atoms with Crippen LogP contribution in [0.3, 0.4) is 0 Å². The number of aryl methyl sites for hydroxylation is 2. The van der Waals surface area contributed by atoms with Crippen LogP contribution in [0, 0.1) is 13.8 Å². The number of likely N-dealkylation sites (N-methyl/N-ethyl adjacent to an activating group) is 1. The molecule has 0 heterocycles. The number of unbranched alkanes of at least 4 members (excludes halogenated alkanes) is 5. The molecule has 0 amide bonds. The van der Waals surface area contributed by atoms with Crippen LogP contribution in [-0.2, 0) is 6.42 Å². The monoisotopic (exact) mass is 289 g/mol. The van der Waals surface area contributed by atoms with E-state index in [9.17, 15) is 0 Å². The molecule has 0 aliphatic heterocycles. The van der Waals surface area contributed by atoms with Crippen LogP contribution in [0.25, 0.3) is 0 Å². The van der Waals surface area contributed by atoms with Crippen molar-refractivity contribution in [2.24, 2.45) is 0 Å². The predicted molar refractivity (Wildman–Crippen MR) is 95.1 cm³/mol. The minimum Gasteiger partial charge on any atom is -0.314 e. The Balaban J connectivity index is 2.42. The topological polar surface area (TPSA) is 12.0 Å². The molecular formula is C20H35N. The summed E-state index contributed by atoms with van der Waals surface area (Å²) in [6, 6.07) is 7.30. The summed E-state index contributed by atoms with van der Waals surface area (Å²) in [5.41, 5.74) is 4.44. The van der Waals surface area contributed by atoms with Crippen LogP contribution >= 0.6 is 0 Å². The maximum absolute atomic E-state index is 3.69. The third-order valence-electron chi connectivity index (χ3n) is 4.49. The Labute approximate surface area is 132 Å². The maximum Gasteiger partial charge on any atom is 0.0108 e. The average Bonchev–Trinajstić information content (AvgIpc) is 2.46. The van der Waals surface area contributed by atoms with E-state index in [2.05, 4.69) is 51.2 Å². The minimum atomic E-state index is 0.640.